The number of nitrogens with two attached hydrogens (primary N) is 1. The molecule has 0 saturated heterocycles. The monoisotopic (exact) mass is 342 g/mol. The number of anilines is 2. The highest BCUT2D eigenvalue weighted by molar-refractivity contribution is 5.96. The molecule has 0 aliphatic carbocycles. The smallest absolute Gasteiger partial charge is 0.221 e. The molecule has 0 saturated carbocycles. The molecular weight excluding hydrogens is 324 g/mol. The first-order valence-electron chi connectivity index (χ1n) is 8.31. The highest BCUT2D eigenvalue weighted by atomic mass is 16.1. The fraction of sp³-hybridized carbons (Fsp3) is 0.0476. The SMILES string of the molecule is CC(=O)Nc1cccc(-c2cnc3[nH]cc(-c4ccc(N)cc4)c3c2)c1. The van der Waals surface area contributed by atoms with Crippen molar-refractivity contribution < 1.29 is 4.79 Å². The number of nitrogens with one attached hydrogen (secondary N) is 2. The first kappa shape index (κ1) is 15.9. The molecular formula is C21H18N4O. The van der Waals surface area contributed by atoms with E-state index in [0.29, 0.717) is 0 Å². The van der Waals surface area contributed by atoms with Crippen LogP contribution in [0.1, 0.15) is 6.92 Å². The van der Waals surface area contributed by atoms with Crippen molar-refractivity contribution in [1.82, 2.24) is 9.97 Å². The maximum atomic E-state index is 11.3. The number of rotatable bonds is 3. The van der Waals surface area contributed by atoms with E-state index in [2.05, 4.69) is 21.4 Å². The van der Waals surface area contributed by atoms with Crippen LogP contribution < -0.4 is 11.1 Å². The number of nitrogens with zero attached hydrogens (tertiary/aromatic N) is 1. The van der Waals surface area contributed by atoms with Gasteiger partial charge in [-0.2, -0.15) is 0 Å². The molecule has 0 unspecified atom stereocenters. The number of benzene rings is 2. The van der Waals surface area contributed by atoms with Gasteiger partial charge >= 0.3 is 0 Å². The minimum atomic E-state index is -0.0907. The van der Waals surface area contributed by atoms with E-state index in [1.54, 1.807) is 0 Å². The van der Waals surface area contributed by atoms with E-state index in [1.807, 2.05) is 60.9 Å². The van der Waals surface area contributed by atoms with Gasteiger partial charge in [0.2, 0.25) is 5.91 Å². The minimum Gasteiger partial charge on any atom is -0.399 e. The molecule has 0 atom stereocenters. The number of aromatic nitrogens is 2. The van der Waals surface area contributed by atoms with Gasteiger partial charge in [-0.1, -0.05) is 24.3 Å². The average Bonchev–Trinajstić information content (AvgIpc) is 3.05. The summed E-state index contributed by atoms with van der Waals surface area (Å²) in [5, 5.41) is 3.85. The summed E-state index contributed by atoms with van der Waals surface area (Å²) < 4.78 is 0. The number of fused-ring (bicyclic) bond motifs is 1. The van der Waals surface area contributed by atoms with E-state index < -0.39 is 0 Å². The maximum Gasteiger partial charge on any atom is 0.221 e. The van der Waals surface area contributed by atoms with Gasteiger partial charge in [0.1, 0.15) is 5.65 Å². The first-order valence-corrected chi connectivity index (χ1v) is 8.31. The van der Waals surface area contributed by atoms with Gasteiger partial charge in [-0.25, -0.2) is 4.98 Å². The van der Waals surface area contributed by atoms with Gasteiger partial charge < -0.3 is 16.0 Å². The number of pyridine rings is 1. The Morgan fingerprint density at radius 3 is 2.62 bits per heavy atom. The van der Waals surface area contributed by atoms with Crippen molar-refractivity contribution in [2.75, 3.05) is 11.1 Å². The van der Waals surface area contributed by atoms with Crippen molar-refractivity contribution in [1.29, 1.82) is 0 Å². The zero-order chi connectivity index (χ0) is 18.1. The molecule has 0 fully saturated rings. The number of H-pyrrole nitrogens is 1. The van der Waals surface area contributed by atoms with Gasteiger partial charge in [-0.3, -0.25) is 4.79 Å². The van der Waals surface area contributed by atoms with Crippen LogP contribution in [0, 0.1) is 0 Å². The fourth-order valence-electron chi connectivity index (χ4n) is 3.04. The van der Waals surface area contributed by atoms with Crippen molar-refractivity contribution in [3.63, 3.8) is 0 Å². The Labute approximate surface area is 150 Å². The van der Waals surface area contributed by atoms with E-state index >= 15 is 0 Å². The minimum absolute atomic E-state index is 0.0907. The van der Waals surface area contributed by atoms with Crippen molar-refractivity contribution >= 4 is 28.3 Å². The van der Waals surface area contributed by atoms with Crippen LogP contribution in [0.5, 0.6) is 0 Å². The molecule has 4 aromatic rings. The molecule has 0 radical (unpaired) electrons. The number of hydrogen-bond acceptors (Lipinski definition) is 3. The average molecular weight is 342 g/mol. The van der Waals surface area contributed by atoms with Crippen molar-refractivity contribution in [2.24, 2.45) is 0 Å². The zero-order valence-electron chi connectivity index (χ0n) is 14.3. The van der Waals surface area contributed by atoms with Crippen molar-refractivity contribution in [3.8, 4) is 22.3 Å². The molecule has 2 aromatic carbocycles. The molecule has 5 heteroatoms. The Morgan fingerprint density at radius 1 is 1.04 bits per heavy atom. The van der Waals surface area contributed by atoms with E-state index in [4.69, 9.17) is 5.73 Å². The molecule has 4 N–H and O–H groups in total. The summed E-state index contributed by atoms with van der Waals surface area (Å²) in [6.07, 6.45) is 3.79. The standard InChI is InChI=1S/C21H18N4O/c1-13(26)25-18-4-2-3-15(9-18)16-10-19-20(12-24-21(19)23-11-16)14-5-7-17(22)8-6-14/h2-12H,22H2,1H3,(H,23,24)(H,25,26). The van der Waals surface area contributed by atoms with Crippen molar-refractivity contribution in [2.45, 2.75) is 6.92 Å². The Bertz CT molecular complexity index is 1100. The van der Waals surface area contributed by atoms with Crippen LogP contribution in [-0.4, -0.2) is 15.9 Å². The number of carbonyl (C=O) groups is 1. The third-order valence-electron chi connectivity index (χ3n) is 4.27. The highest BCUT2D eigenvalue weighted by Crippen LogP contribution is 2.32. The van der Waals surface area contributed by atoms with Crippen LogP contribution in [0.4, 0.5) is 11.4 Å². The molecule has 26 heavy (non-hydrogen) atoms. The Kier molecular flexibility index (Phi) is 3.89. The van der Waals surface area contributed by atoms with Crippen LogP contribution in [0.3, 0.4) is 0 Å². The molecule has 128 valence electrons. The summed E-state index contributed by atoms with van der Waals surface area (Å²) in [5.41, 5.74) is 12.3. The molecule has 5 nitrogen and oxygen atoms in total. The van der Waals surface area contributed by atoms with Crippen LogP contribution in [0.25, 0.3) is 33.3 Å². The Hall–Kier alpha value is -3.60. The molecule has 0 spiro atoms. The second-order valence-corrected chi connectivity index (χ2v) is 6.21. The van der Waals surface area contributed by atoms with Gasteiger partial charge in [0, 0.05) is 47.2 Å². The number of hydrogen-bond donors (Lipinski definition) is 3. The number of carbonyl (C=O) groups excluding carboxylic acids is 1. The van der Waals surface area contributed by atoms with Gasteiger partial charge in [0.15, 0.2) is 0 Å². The summed E-state index contributed by atoms with van der Waals surface area (Å²) >= 11 is 0. The van der Waals surface area contributed by atoms with Crippen LogP contribution in [0.15, 0.2) is 67.0 Å². The number of aromatic amines is 1. The zero-order valence-corrected chi connectivity index (χ0v) is 14.3. The Morgan fingerprint density at radius 2 is 1.85 bits per heavy atom. The fourth-order valence-corrected chi connectivity index (χ4v) is 3.04. The van der Waals surface area contributed by atoms with Gasteiger partial charge in [-0.15, -0.1) is 0 Å². The Balaban J connectivity index is 1.79. The van der Waals surface area contributed by atoms with E-state index in [0.717, 1.165) is 44.7 Å². The predicted octanol–water partition coefficient (Wildman–Crippen LogP) is 4.44. The van der Waals surface area contributed by atoms with E-state index in [1.165, 1.54) is 6.92 Å². The van der Waals surface area contributed by atoms with Gasteiger partial charge in [0.25, 0.3) is 0 Å². The second kappa shape index (κ2) is 6.37. The quantitative estimate of drug-likeness (QED) is 0.481. The van der Waals surface area contributed by atoms with Crippen LogP contribution in [0.2, 0.25) is 0 Å². The van der Waals surface area contributed by atoms with Crippen LogP contribution in [-0.2, 0) is 4.79 Å². The molecule has 4 rings (SSSR count). The highest BCUT2D eigenvalue weighted by Gasteiger charge is 2.09. The summed E-state index contributed by atoms with van der Waals surface area (Å²) in [6, 6.07) is 17.6. The molecule has 1 amide bonds. The molecule has 2 heterocycles. The number of amides is 1. The topological polar surface area (TPSA) is 83.8 Å². The molecule has 0 aliphatic heterocycles. The second-order valence-electron chi connectivity index (χ2n) is 6.21. The van der Waals surface area contributed by atoms with Gasteiger partial charge in [-0.05, 0) is 41.5 Å². The third-order valence-corrected chi connectivity index (χ3v) is 4.27. The normalized spacial score (nSPS) is 10.8. The lowest BCUT2D eigenvalue weighted by Gasteiger charge is -2.07. The van der Waals surface area contributed by atoms with Crippen LogP contribution >= 0.6 is 0 Å². The lowest BCUT2D eigenvalue weighted by molar-refractivity contribution is -0.114. The lowest BCUT2D eigenvalue weighted by atomic mass is 10.0. The largest absolute Gasteiger partial charge is 0.399 e. The van der Waals surface area contributed by atoms with E-state index in [-0.39, 0.29) is 5.91 Å². The maximum absolute atomic E-state index is 11.3. The first-order chi connectivity index (χ1) is 12.6. The third kappa shape index (κ3) is 3.02. The predicted molar refractivity (Wildman–Crippen MR) is 106 cm³/mol. The van der Waals surface area contributed by atoms with E-state index in [9.17, 15) is 4.79 Å². The lowest BCUT2D eigenvalue weighted by Crippen LogP contribution is -2.05. The molecule has 0 aliphatic rings. The summed E-state index contributed by atoms with van der Waals surface area (Å²) in [4.78, 5) is 19.1. The number of nitrogen functional groups attached to an aromatic ring is 1. The van der Waals surface area contributed by atoms with Crippen molar-refractivity contribution in [3.05, 3.63) is 67.0 Å². The summed E-state index contributed by atoms with van der Waals surface area (Å²) in [6.45, 7) is 1.50. The molecule has 2 aromatic heterocycles. The molecule has 0 bridgehead atoms. The van der Waals surface area contributed by atoms with Gasteiger partial charge in [0.05, 0.1) is 0 Å². The summed E-state index contributed by atoms with van der Waals surface area (Å²) in [5.74, 6) is -0.0907. The summed E-state index contributed by atoms with van der Waals surface area (Å²) in [7, 11) is 0.